The molecule has 0 radical (unpaired) electrons. The van der Waals surface area contributed by atoms with E-state index in [-0.39, 0.29) is 0 Å². The van der Waals surface area contributed by atoms with Crippen LogP contribution in [0.15, 0.2) is 12.1 Å². The molecular formula is C12H15ClN2S2. The van der Waals surface area contributed by atoms with E-state index in [2.05, 4.69) is 30.2 Å². The summed E-state index contributed by atoms with van der Waals surface area (Å²) in [5.41, 5.74) is 1.14. The van der Waals surface area contributed by atoms with Gasteiger partial charge >= 0.3 is 0 Å². The fourth-order valence-electron chi connectivity index (χ4n) is 1.74. The number of halogens is 1. The van der Waals surface area contributed by atoms with Crippen LogP contribution in [0.4, 0.5) is 0 Å². The van der Waals surface area contributed by atoms with Gasteiger partial charge in [-0.1, -0.05) is 11.6 Å². The first-order chi connectivity index (χ1) is 8.06. The monoisotopic (exact) mass is 286 g/mol. The third-order valence-electron chi connectivity index (χ3n) is 2.54. The van der Waals surface area contributed by atoms with E-state index in [0.29, 0.717) is 6.04 Å². The van der Waals surface area contributed by atoms with E-state index in [0.717, 1.165) is 21.6 Å². The van der Waals surface area contributed by atoms with Gasteiger partial charge in [0.15, 0.2) is 0 Å². The van der Waals surface area contributed by atoms with Crippen molar-refractivity contribution in [3.05, 3.63) is 36.9 Å². The molecule has 0 aliphatic rings. The van der Waals surface area contributed by atoms with Crippen LogP contribution in [0.5, 0.6) is 0 Å². The average molecular weight is 287 g/mol. The van der Waals surface area contributed by atoms with Gasteiger partial charge in [-0.2, -0.15) is 0 Å². The standard InChI is InChI=1S/C12H15ClN2S2/c1-7(12-8(2)15-9(3)16-12)14-6-10-4-5-11(13)17-10/h4-5,7,14H,6H2,1-3H3. The predicted octanol–water partition coefficient (Wildman–Crippen LogP) is 4.33. The van der Waals surface area contributed by atoms with Gasteiger partial charge in [0.1, 0.15) is 0 Å². The van der Waals surface area contributed by atoms with Gasteiger partial charge in [-0.25, -0.2) is 4.98 Å². The first-order valence-corrected chi connectivity index (χ1v) is 7.49. The Morgan fingerprint density at radius 2 is 2.12 bits per heavy atom. The molecule has 17 heavy (non-hydrogen) atoms. The molecular weight excluding hydrogens is 272 g/mol. The van der Waals surface area contributed by atoms with Crippen molar-refractivity contribution < 1.29 is 0 Å². The Labute approximate surface area is 115 Å². The summed E-state index contributed by atoms with van der Waals surface area (Å²) >= 11 is 9.30. The topological polar surface area (TPSA) is 24.9 Å². The van der Waals surface area contributed by atoms with Gasteiger partial charge in [0.2, 0.25) is 0 Å². The normalized spacial score (nSPS) is 12.9. The van der Waals surface area contributed by atoms with Crippen LogP contribution in [0.1, 0.15) is 33.4 Å². The number of rotatable bonds is 4. The van der Waals surface area contributed by atoms with Crippen molar-refractivity contribution in [1.82, 2.24) is 10.3 Å². The Bertz CT molecular complexity index is 504. The van der Waals surface area contributed by atoms with Crippen LogP contribution >= 0.6 is 34.3 Å². The van der Waals surface area contributed by atoms with E-state index in [1.54, 1.807) is 22.7 Å². The molecule has 0 aliphatic carbocycles. The molecule has 0 spiro atoms. The third kappa shape index (κ3) is 3.28. The predicted molar refractivity (Wildman–Crippen MR) is 76.2 cm³/mol. The molecule has 0 saturated heterocycles. The average Bonchev–Trinajstić information content (AvgIpc) is 2.81. The lowest BCUT2D eigenvalue weighted by atomic mass is 10.2. The summed E-state index contributed by atoms with van der Waals surface area (Å²) in [4.78, 5) is 7.04. The smallest absolute Gasteiger partial charge is 0.0931 e. The van der Waals surface area contributed by atoms with E-state index in [4.69, 9.17) is 11.6 Å². The number of aryl methyl sites for hydroxylation is 2. The molecule has 92 valence electrons. The number of hydrogen-bond acceptors (Lipinski definition) is 4. The summed E-state index contributed by atoms with van der Waals surface area (Å²) in [6, 6.07) is 4.34. The molecule has 0 aromatic carbocycles. The van der Waals surface area contributed by atoms with E-state index >= 15 is 0 Å². The Morgan fingerprint density at radius 1 is 1.35 bits per heavy atom. The molecule has 2 aromatic rings. The Kier molecular flexibility index (Phi) is 4.20. The van der Waals surface area contributed by atoms with Crippen LogP contribution in [-0.4, -0.2) is 4.98 Å². The molecule has 1 unspecified atom stereocenters. The maximum atomic E-state index is 5.90. The van der Waals surface area contributed by atoms with Crippen molar-refractivity contribution in [3.8, 4) is 0 Å². The van der Waals surface area contributed by atoms with Gasteiger partial charge in [0.05, 0.1) is 15.0 Å². The number of hydrogen-bond donors (Lipinski definition) is 1. The Morgan fingerprint density at radius 3 is 2.65 bits per heavy atom. The molecule has 0 saturated carbocycles. The van der Waals surface area contributed by atoms with Crippen molar-refractivity contribution >= 4 is 34.3 Å². The van der Waals surface area contributed by atoms with E-state index < -0.39 is 0 Å². The highest BCUT2D eigenvalue weighted by Gasteiger charge is 2.12. The summed E-state index contributed by atoms with van der Waals surface area (Å²) in [6.07, 6.45) is 0. The molecule has 2 rings (SSSR count). The van der Waals surface area contributed by atoms with Gasteiger partial charge in [-0.15, -0.1) is 22.7 Å². The van der Waals surface area contributed by atoms with Crippen LogP contribution in [-0.2, 0) is 6.54 Å². The minimum atomic E-state index is 0.335. The van der Waals surface area contributed by atoms with Crippen molar-refractivity contribution in [2.24, 2.45) is 0 Å². The maximum absolute atomic E-state index is 5.90. The van der Waals surface area contributed by atoms with Crippen LogP contribution < -0.4 is 5.32 Å². The summed E-state index contributed by atoms with van der Waals surface area (Å²) in [7, 11) is 0. The van der Waals surface area contributed by atoms with Crippen molar-refractivity contribution in [1.29, 1.82) is 0 Å². The van der Waals surface area contributed by atoms with Crippen molar-refractivity contribution in [3.63, 3.8) is 0 Å². The molecule has 2 heterocycles. The van der Waals surface area contributed by atoms with Gasteiger partial charge in [0.25, 0.3) is 0 Å². The zero-order chi connectivity index (χ0) is 12.4. The SMILES string of the molecule is Cc1nc(C)c(C(C)NCc2ccc(Cl)s2)s1. The first kappa shape index (κ1) is 13.0. The highest BCUT2D eigenvalue weighted by Crippen LogP contribution is 2.26. The molecule has 5 heteroatoms. The number of thiophene rings is 1. The zero-order valence-corrected chi connectivity index (χ0v) is 12.5. The maximum Gasteiger partial charge on any atom is 0.0931 e. The summed E-state index contributed by atoms with van der Waals surface area (Å²) in [5.74, 6) is 0. The Hall–Kier alpha value is -0.420. The second-order valence-electron chi connectivity index (χ2n) is 3.99. The molecule has 0 amide bonds. The van der Waals surface area contributed by atoms with Crippen LogP contribution in [0.25, 0.3) is 0 Å². The highest BCUT2D eigenvalue weighted by atomic mass is 35.5. The second kappa shape index (κ2) is 5.48. The molecule has 2 nitrogen and oxygen atoms in total. The summed E-state index contributed by atoms with van der Waals surface area (Å²) in [5, 5.41) is 4.63. The molecule has 0 aliphatic heterocycles. The lowest BCUT2D eigenvalue weighted by Crippen LogP contribution is -2.17. The van der Waals surface area contributed by atoms with Gasteiger partial charge in [0, 0.05) is 22.3 Å². The number of thiazole rings is 1. The van der Waals surface area contributed by atoms with Crippen molar-refractivity contribution in [2.75, 3.05) is 0 Å². The largest absolute Gasteiger partial charge is 0.304 e. The first-order valence-electron chi connectivity index (χ1n) is 5.48. The summed E-state index contributed by atoms with van der Waals surface area (Å²) in [6.45, 7) is 7.15. The van der Waals surface area contributed by atoms with Crippen molar-refractivity contribution in [2.45, 2.75) is 33.4 Å². The van der Waals surface area contributed by atoms with Crippen LogP contribution in [0, 0.1) is 13.8 Å². The fourth-order valence-corrected chi connectivity index (χ4v) is 3.73. The highest BCUT2D eigenvalue weighted by molar-refractivity contribution is 7.16. The second-order valence-corrected chi connectivity index (χ2v) is 7.03. The lowest BCUT2D eigenvalue weighted by Gasteiger charge is -2.11. The molecule has 0 bridgehead atoms. The third-order valence-corrected chi connectivity index (χ3v) is 5.03. The number of nitrogens with zero attached hydrogens (tertiary/aromatic N) is 1. The summed E-state index contributed by atoms with van der Waals surface area (Å²) < 4.78 is 0.847. The van der Waals surface area contributed by atoms with E-state index in [9.17, 15) is 0 Å². The zero-order valence-electron chi connectivity index (χ0n) is 10.1. The van der Waals surface area contributed by atoms with E-state index in [1.165, 1.54) is 9.75 Å². The molecule has 1 atom stereocenters. The molecule has 0 fully saturated rings. The Balaban J connectivity index is 1.97. The lowest BCUT2D eigenvalue weighted by molar-refractivity contribution is 0.584. The fraction of sp³-hybridized carbons (Fsp3) is 0.417. The number of nitrogens with one attached hydrogen (secondary N) is 1. The van der Waals surface area contributed by atoms with Gasteiger partial charge in [-0.3, -0.25) is 0 Å². The minimum Gasteiger partial charge on any atom is -0.304 e. The van der Waals surface area contributed by atoms with E-state index in [1.807, 2.05) is 13.0 Å². The van der Waals surface area contributed by atoms with Crippen LogP contribution in [0.3, 0.4) is 0 Å². The van der Waals surface area contributed by atoms with Crippen LogP contribution in [0.2, 0.25) is 4.34 Å². The van der Waals surface area contributed by atoms with Gasteiger partial charge < -0.3 is 5.32 Å². The minimum absolute atomic E-state index is 0.335. The quantitative estimate of drug-likeness (QED) is 0.905. The molecule has 2 aromatic heterocycles. The van der Waals surface area contributed by atoms with Gasteiger partial charge in [-0.05, 0) is 32.9 Å². The molecule has 1 N–H and O–H groups in total. The number of aromatic nitrogens is 1.